The number of rotatable bonds is 5. The van der Waals surface area contributed by atoms with Crippen LogP contribution >= 0.6 is 11.3 Å². The van der Waals surface area contributed by atoms with Crippen LogP contribution in [0.5, 0.6) is 17.2 Å². The first-order valence-electron chi connectivity index (χ1n) is 9.06. The summed E-state index contributed by atoms with van der Waals surface area (Å²) in [5.74, 6) is 1.61. The monoisotopic (exact) mass is 396 g/mol. The number of thiazole rings is 1. The predicted molar refractivity (Wildman–Crippen MR) is 109 cm³/mol. The van der Waals surface area contributed by atoms with Crippen molar-refractivity contribution in [3.8, 4) is 17.2 Å². The Labute approximate surface area is 166 Å². The minimum Gasteiger partial charge on any atom is -0.493 e. The quantitative estimate of drug-likeness (QED) is 0.616. The van der Waals surface area contributed by atoms with Gasteiger partial charge >= 0.3 is 0 Å². The molecule has 144 valence electrons. The van der Waals surface area contributed by atoms with Gasteiger partial charge in [-0.05, 0) is 19.1 Å². The summed E-state index contributed by atoms with van der Waals surface area (Å²) in [7, 11) is 0. The standard InChI is InChI=1S/C21H20N2O4S/c1-3-9-23-15-12-17-18(27-11-10-26-17)13-19(15)28-21(23)22-20(24)14-7-5-6-8-16(14)25-4-2/h3,5-8,12-13H,1,4,9-11H2,2H3. The maximum Gasteiger partial charge on any atom is 0.283 e. The number of hydrogen-bond donors (Lipinski definition) is 0. The van der Waals surface area contributed by atoms with Crippen LogP contribution in [0.2, 0.25) is 0 Å². The van der Waals surface area contributed by atoms with Crippen molar-refractivity contribution in [2.75, 3.05) is 19.8 Å². The van der Waals surface area contributed by atoms with Crippen LogP contribution in [-0.4, -0.2) is 30.3 Å². The number of nitrogens with zero attached hydrogens (tertiary/aromatic N) is 2. The van der Waals surface area contributed by atoms with Crippen LogP contribution in [0.1, 0.15) is 17.3 Å². The van der Waals surface area contributed by atoms with Crippen LogP contribution in [0.4, 0.5) is 0 Å². The van der Waals surface area contributed by atoms with E-state index in [2.05, 4.69) is 11.6 Å². The zero-order chi connectivity index (χ0) is 19.5. The number of carbonyl (C=O) groups is 1. The molecule has 2 aromatic carbocycles. The minimum absolute atomic E-state index is 0.342. The van der Waals surface area contributed by atoms with E-state index < -0.39 is 0 Å². The summed E-state index contributed by atoms with van der Waals surface area (Å²) in [5.41, 5.74) is 1.37. The van der Waals surface area contributed by atoms with Crippen molar-refractivity contribution in [3.05, 3.63) is 59.4 Å². The number of benzene rings is 2. The molecule has 1 amide bonds. The van der Waals surface area contributed by atoms with Crippen LogP contribution in [0.3, 0.4) is 0 Å². The maximum absolute atomic E-state index is 12.9. The van der Waals surface area contributed by atoms with Gasteiger partial charge in [0.25, 0.3) is 5.91 Å². The van der Waals surface area contributed by atoms with Crippen LogP contribution in [0, 0.1) is 0 Å². The molecule has 0 atom stereocenters. The highest BCUT2D eigenvalue weighted by Gasteiger charge is 2.17. The summed E-state index contributed by atoms with van der Waals surface area (Å²) in [6.07, 6.45) is 1.78. The number of ether oxygens (including phenoxy) is 3. The lowest BCUT2D eigenvalue weighted by atomic mass is 10.2. The van der Waals surface area contributed by atoms with E-state index in [0.29, 0.717) is 54.0 Å². The Hall–Kier alpha value is -3.06. The van der Waals surface area contributed by atoms with Crippen LogP contribution in [-0.2, 0) is 6.54 Å². The van der Waals surface area contributed by atoms with Crippen LogP contribution in [0.15, 0.2) is 54.0 Å². The largest absolute Gasteiger partial charge is 0.493 e. The second-order valence-electron chi connectivity index (χ2n) is 6.09. The molecule has 4 rings (SSSR count). The van der Waals surface area contributed by atoms with Crippen molar-refractivity contribution in [2.45, 2.75) is 13.5 Å². The highest BCUT2D eigenvalue weighted by Crippen LogP contribution is 2.35. The first-order valence-corrected chi connectivity index (χ1v) is 9.87. The Morgan fingerprint density at radius 2 is 2.04 bits per heavy atom. The number of amides is 1. The lowest BCUT2D eigenvalue weighted by Crippen LogP contribution is -2.17. The molecule has 0 aliphatic carbocycles. The summed E-state index contributed by atoms with van der Waals surface area (Å²) < 4.78 is 19.9. The average molecular weight is 396 g/mol. The normalized spacial score (nSPS) is 13.5. The molecule has 0 fully saturated rings. The molecule has 0 saturated carbocycles. The second kappa shape index (κ2) is 7.90. The molecule has 0 unspecified atom stereocenters. The van der Waals surface area contributed by atoms with E-state index in [0.717, 1.165) is 10.2 Å². The first-order chi connectivity index (χ1) is 13.7. The Balaban J connectivity index is 1.84. The molecule has 1 aliphatic heterocycles. The highest BCUT2D eigenvalue weighted by atomic mass is 32.1. The summed E-state index contributed by atoms with van der Waals surface area (Å²) in [4.78, 5) is 17.8. The van der Waals surface area contributed by atoms with E-state index in [1.54, 1.807) is 24.3 Å². The Morgan fingerprint density at radius 3 is 2.79 bits per heavy atom. The lowest BCUT2D eigenvalue weighted by Gasteiger charge is -2.18. The fraction of sp³-hybridized carbons (Fsp3) is 0.238. The topological polar surface area (TPSA) is 62.1 Å². The van der Waals surface area contributed by atoms with E-state index in [1.165, 1.54) is 11.3 Å². The van der Waals surface area contributed by atoms with Crippen molar-refractivity contribution >= 4 is 27.5 Å². The molecule has 1 aromatic heterocycles. The molecule has 7 heteroatoms. The van der Waals surface area contributed by atoms with Gasteiger partial charge in [-0.3, -0.25) is 4.79 Å². The number of aromatic nitrogens is 1. The zero-order valence-corrected chi connectivity index (χ0v) is 16.3. The van der Waals surface area contributed by atoms with Gasteiger partial charge in [0.1, 0.15) is 19.0 Å². The molecule has 0 radical (unpaired) electrons. The molecule has 0 spiro atoms. The van der Waals surface area contributed by atoms with E-state index in [1.807, 2.05) is 29.7 Å². The van der Waals surface area contributed by atoms with Crippen molar-refractivity contribution in [3.63, 3.8) is 0 Å². The van der Waals surface area contributed by atoms with Crippen molar-refractivity contribution in [1.82, 2.24) is 4.57 Å². The van der Waals surface area contributed by atoms with Gasteiger partial charge in [-0.15, -0.1) is 6.58 Å². The Kier molecular flexibility index (Phi) is 5.16. The van der Waals surface area contributed by atoms with Crippen molar-refractivity contribution in [1.29, 1.82) is 0 Å². The van der Waals surface area contributed by atoms with E-state index >= 15 is 0 Å². The third-order valence-corrected chi connectivity index (χ3v) is 5.31. The number of fused-ring (bicyclic) bond motifs is 2. The fourth-order valence-electron chi connectivity index (χ4n) is 3.07. The smallest absolute Gasteiger partial charge is 0.283 e. The fourth-order valence-corrected chi connectivity index (χ4v) is 4.12. The van der Waals surface area contributed by atoms with Gasteiger partial charge in [0.2, 0.25) is 0 Å². The van der Waals surface area contributed by atoms with E-state index in [9.17, 15) is 4.79 Å². The number of para-hydroxylation sites is 1. The molecule has 6 nitrogen and oxygen atoms in total. The predicted octanol–water partition coefficient (Wildman–Crippen LogP) is 3.80. The second-order valence-corrected chi connectivity index (χ2v) is 7.10. The van der Waals surface area contributed by atoms with Crippen LogP contribution in [0.25, 0.3) is 10.2 Å². The summed E-state index contributed by atoms with van der Waals surface area (Å²) in [6.45, 7) is 7.77. The third kappa shape index (κ3) is 3.41. The highest BCUT2D eigenvalue weighted by molar-refractivity contribution is 7.16. The summed E-state index contributed by atoms with van der Waals surface area (Å²) in [6, 6.07) is 11.0. The van der Waals surface area contributed by atoms with Gasteiger partial charge in [-0.2, -0.15) is 4.99 Å². The molecule has 0 saturated heterocycles. The molecule has 28 heavy (non-hydrogen) atoms. The average Bonchev–Trinajstić information content (AvgIpc) is 3.03. The minimum atomic E-state index is -0.342. The number of carbonyl (C=O) groups excluding carboxylic acids is 1. The van der Waals surface area contributed by atoms with Gasteiger partial charge in [0.15, 0.2) is 16.3 Å². The summed E-state index contributed by atoms with van der Waals surface area (Å²) >= 11 is 1.43. The number of allylic oxidation sites excluding steroid dienone is 1. The SMILES string of the molecule is C=CCn1c(=NC(=O)c2ccccc2OCC)sc2cc3c(cc21)OCCO3. The molecule has 3 aromatic rings. The van der Waals surface area contributed by atoms with E-state index in [4.69, 9.17) is 14.2 Å². The van der Waals surface area contributed by atoms with Gasteiger partial charge in [-0.1, -0.05) is 29.5 Å². The first kappa shape index (κ1) is 18.3. The van der Waals surface area contributed by atoms with Gasteiger partial charge in [0, 0.05) is 18.7 Å². The molecular formula is C21H20N2O4S. The molecule has 2 heterocycles. The molecular weight excluding hydrogens is 376 g/mol. The molecule has 0 bridgehead atoms. The molecule has 0 N–H and O–H groups in total. The maximum atomic E-state index is 12.9. The summed E-state index contributed by atoms with van der Waals surface area (Å²) in [5, 5.41) is 0. The molecule has 1 aliphatic rings. The van der Waals surface area contributed by atoms with Crippen molar-refractivity contribution < 1.29 is 19.0 Å². The number of hydrogen-bond acceptors (Lipinski definition) is 5. The van der Waals surface area contributed by atoms with Crippen molar-refractivity contribution in [2.24, 2.45) is 4.99 Å². The third-order valence-electron chi connectivity index (χ3n) is 4.27. The Morgan fingerprint density at radius 1 is 1.29 bits per heavy atom. The van der Waals surface area contributed by atoms with Gasteiger partial charge in [0.05, 0.1) is 22.4 Å². The van der Waals surface area contributed by atoms with Gasteiger partial charge in [-0.25, -0.2) is 0 Å². The Bertz CT molecular complexity index is 1110. The van der Waals surface area contributed by atoms with Gasteiger partial charge < -0.3 is 18.8 Å². The van der Waals surface area contributed by atoms with E-state index in [-0.39, 0.29) is 5.91 Å². The zero-order valence-electron chi connectivity index (χ0n) is 15.5. The lowest BCUT2D eigenvalue weighted by molar-refractivity contribution is 0.0994. The van der Waals surface area contributed by atoms with Crippen LogP contribution < -0.4 is 19.0 Å².